The number of thiophene rings is 1. The second-order valence-electron chi connectivity index (χ2n) is 7.36. The monoisotopic (exact) mass is 496 g/mol. The summed E-state index contributed by atoms with van der Waals surface area (Å²) in [5.74, 6) is 0.336. The van der Waals surface area contributed by atoms with Crippen molar-refractivity contribution in [1.29, 1.82) is 0 Å². The van der Waals surface area contributed by atoms with E-state index >= 15 is 0 Å². The van der Waals surface area contributed by atoms with Crippen molar-refractivity contribution in [3.05, 3.63) is 101 Å². The summed E-state index contributed by atoms with van der Waals surface area (Å²) in [4.78, 5) is 17.4. The molecule has 1 aliphatic heterocycles. The molecule has 0 radical (unpaired) electrons. The minimum absolute atomic E-state index is 0.223. The predicted molar refractivity (Wildman–Crippen MR) is 131 cm³/mol. The van der Waals surface area contributed by atoms with E-state index in [-0.39, 0.29) is 23.2 Å². The number of sulfonamides is 1. The van der Waals surface area contributed by atoms with Gasteiger partial charge < -0.3 is 15.4 Å². The lowest BCUT2D eigenvalue weighted by Gasteiger charge is -2.22. The number of allylic oxidation sites excluding steroid dienone is 1. The molecule has 0 bridgehead atoms. The van der Waals surface area contributed by atoms with Crippen molar-refractivity contribution in [2.24, 2.45) is 0 Å². The number of benzene rings is 1. The van der Waals surface area contributed by atoms with Crippen LogP contribution in [0.2, 0.25) is 0 Å². The molecule has 2 aromatic heterocycles. The second-order valence-corrected chi connectivity index (χ2v) is 10.6. The molecule has 8 nitrogen and oxygen atoms in total. The highest BCUT2D eigenvalue weighted by atomic mass is 32.2. The molecule has 3 aromatic rings. The number of methoxy groups -OCH3 is 1. The normalized spacial score (nSPS) is 13.3. The number of amides is 1. The Morgan fingerprint density at radius 1 is 1.15 bits per heavy atom. The lowest BCUT2D eigenvalue weighted by Crippen LogP contribution is -2.29. The van der Waals surface area contributed by atoms with Crippen molar-refractivity contribution in [2.75, 3.05) is 13.7 Å². The summed E-state index contributed by atoms with van der Waals surface area (Å²) >= 11 is 1.14. The first-order valence-electron chi connectivity index (χ1n) is 10.5. The first-order valence-corrected chi connectivity index (χ1v) is 12.8. The van der Waals surface area contributed by atoms with Gasteiger partial charge in [-0.25, -0.2) is 8.42 Å². The number of ether oxygens (including phenoxy) is 1. The third kappa shape index (κ3) is 5.64. The fourth-order valence-corrected chi connectivity index (χ4v) is 5.89. The molecular weight excluding hydrogens is 472 g/mol. The maximum Gasteiger partial charge on any atom is 0.273 e. The zero-order valence-electron chi connectivity index (χ0n) is 18.5. The van der Waals surface area contributed by atoms with E-state index in [2.05, 4.69) is 15.6 Å². The van der Waals surface area contributed by atoms with Crippen LogP contribution in [0.5, 0.6) is 5.75 Å². The SMILES string of the molecule is COc1cccc(C(=O)NCc2ccc(S(=O)(=O)N3C=CC(NCc4ccccn4)=CC3)s2)c1. The van der Waals surface area contributed by atoms with Crippen molar-refractivity contribution in [1.82, 2.24) is 19.9 Å². The zero-order valence-corrected chi connectivity index (χ0v) is 20.1. The van der Waals surface area contributed by atoms with E-state index in [0.29, 0.717) is 17.9 Å². The highest BCUT2D eigenvalue weighted by Crippen LogP contribution is 2.26. The fraction of sp³-hybridized carbons (Fsp3) is 0.167. The van der Waals surface area contributed by atoms with E-state index in [4.69, 9.17) is 4.74 Å². The predicted octanol–water partition coefficient (Wildman–Crippen LogP) is 3.27. The molecule has 176 valence electrons. The van der Waals surface area contributed by atoms with E-state index in [9.17, 15) is 13.2 Å². The van der Waals surface area contributed by atoms with Gasteiger partial charge in [-0.1, -0.05) is 12.1 Å². The molecule has 0 saturated carbocycles. The van der Waals surface area contributed by atoms with Gasteiger partial charge in [0.2, 0.25) is 0 Å². The number of carbonyl (C=O) groups is 1. The van der Waals surface area contributed by atoms with Gasteiger partial charge in [-0.15, -0.1) is 11.3 Å². The van der Waals surface area contributed by atoms with Gasteiger partial charge in [0.15, 0.2) is 0 Å². The molecule has 0 unspecified atom stereocenters. The van der Waals surface area contributed by atoms with E-state index in [1.165, 1.54) is 11.4 Å². The Morgan fingerprint density at radius 2 is 2.03 bits per heavy atom. The van der Waals surface area contributed by atoms with Crippen LogP contribution >= 0.6 is 11.3 Å². The minimum atomic E-state index is -3.68. The maximum atomic E-state index is 13.0. The van der Waals surface area contributed by atoms with Crippen molar-refractivity contribution in [3.8, 4) is 5.75 Å². The Kier molecular flexibility index (Phi) is 7.29. The summed E-state index contributed by atoms with van der Waals surface area (Å²) in [6, 6.07) is 15.8. The van der Waals surface area contributed by atoms with E-state index < -0.39 is 10.0 Å². The van der Waals surface area contributed by atoms with E-state index in [0.717, 1.165) is 27.6 Å². The van der Waals surface area contributed by atoms with E-state index in [1.54, 1.807) is 54.9 Å². The molecule has 3 heterocycles. The highest BCUT2D eigenvalue weighted by molar-refractivity contribution is 7.91. The average molecular weight is 497 g/mol. The molecule has 0 saturated heterocycles. The third-order valence-corrected chi connectivity index (χ3v) is 8.36. The summed E-state index contributed by atoms with van der Waals surface area (Å²) in [6.45, 7) is 1.01. The maximum absolute atomic E-state index is 13.0. The molecule has 4 rings (SSSR count). The summed E-state index contributed by atoms with van der Waals surface area (Å²) in [7, 11) is -2.14. The van der Waals surface area contributed by atoms with Gasteiger partial charge in [0.05, 0.1) is 32.4 Å². The van der Waals surface area contributed by atoms with Gasteiger partial charge in [0.25, 0.3) is 15.9 Å². The van der Waals surface area contributed by atoms with Crippen LogP contribution in [0.15, 0.2) is 89.1 Å². The molecule has 0 aliphatic carbocycles. The van der Waals surface area contributed by atoms with Gasteiger partial charge in [-0.2, -0.15) is 0 Å². The van der Waals surface area contributed by atoms with Crippen LogP contribution in [0.25, 0.3) is 0 Å². The number of aromatic nitrogens is 1. The molecule has 10 heteroatoms. The van der Waals surface area contributed by atoms with Crippen molar-refractivity contribution < 1.29 is 17.9 Å². The lowest BCUT2D eigenvalue weighted by atomic mass is 10.2. The highest BCUT2D eigenvalue weighted by Gasteiger charge is 2.24. The number of pyridine rings is 1. The summed E-state index contributed by atoms with van der Waals surface area (Å²) < 4.78 is 32.7. The first kappa shape index (κ1) is 23.5. The summed E-state index contributed by atoms with van der Waals surface area (Å²) in [5, 5.41) is 6.06. The van der Waals surface area contributed by atoms with Crippen LogP contribution < -0.4 is 15.4 Å². The first-order chi connectivity index (χ1) is 16.5. The third-order valence-electron chi connectivity index (χ3n) is 5.07. The Hall–Kier alpha value is -3.63. The van der Waals surface area contributed by atoms with Crippen molar-refractivity contribution >= 4 is 27.3 Å². The number of rotatable bonds is 9. The number of hydrogen-bond donors (Lipinski definition) is 2. The Bertz CT molecular complexity index is 1320. The van der Waals surface area contributed by atoms with Gasteiger partial charge in [-0.3, -0.25) is 14.1 Å². The van der Waals surface area contributed by atoms with Crippen LogP contribution in [-0.4, -0.2) is 37.3 Å². The molecular formula is C24H24N4O4S2. The van der Waals surface area contributed by atoms with Gasteiger partial charge in [0, 0.05) is 28.5 Å². The average Bonchev–Trinajstić information content (AvgIpc) is 3.37. The molecule has 0 atom stereocenters. The van der Waals surface area contributed by atoms with Crippen LogP contribution in [-0.2, 0) is 23.1 Å². The Morgan fingerprint density at radius 3 is 2.76 bits per heavy atom. The molecule has 0 fully saturated rings. The second kappa shape index (κ2) is 10.5. The number of carbonyl (C=O) groups excluding carboxylic acids is 1. The van der Waals surface area contributed by atoms with Crippen molar-refractivity contribution in [2.45, 2.75) is 17.3 Å². The van der Waals surface area contributed by atoms with E-state index in [1.807, 2.05) is 24.3 Å². The van der Waals surface area contributed by atoms with Gasteiger partial charge in [0.1, 0.15) is 9.96 Å². The molecule has 1 aliphatic rings. The Labute approximate surface area is 202 Å². The van der Waals surface area contributed by atoms with Crippen LogP contribution in [0.3, 0.4) is 0 Å². The van der Waals surface area contributed by atoms with Gasteiger partial charge >= 0.3 is 0 Å². The lowest BCUT2D eigenvalue weighted by molar-refractivity contribution is 0.0951. The molecule has 2 N–H and O–H groups in total. The topological polar surface area (TPSA) is 101 Å². The smallest absolute Gasteiger partial charge is 0.273 e. The van der Waals surface area contributed by atoms with Crippen molar-refractivity contribution in [3.63, 3.8) is 0 Å². The number of nitrogens with one attached hydrogen (secondary N) is 2. The zero-order chi connectivity index (χ0) is 24.0. The fourth-order valence-electron chi connectivity index (χ4n) is 3.23. The molecule has 1 amide bonds. The standard InChI is InChI=1S/C24H24N4O4S2/c1-32-21-7-4-5-18(15-21)24(29)27-17-22-8-9-23(33-22)34(30,31)28-13-10-19(11-14-28)26-16-20-6-2-3-12-25-20/h2-13,15,26H,14,16-17H2,1H3,(H,27,29). The summed E-state index contributed by atoms with van der Waals surface area (Å²) in [5.41, 5.74) is 2.21. The summed E-state index contributed by atoms with van der Waals surface area (Å²) in [6.07, 6.45) is 6.84. The minimum Gasteiger partial charge on any atom is -0.497 e. The molecule has 1 aromatic carbocycles. The van der Waals surface area contributed by atoms with Crippen LogP contribution in [0.4, 0.5) is 0 Å². The van der Waals surface area contributed by atoms with Gasteiger partial charge in [-0.05, 0) is 54.6 Å². The van der Waals surface area contributed by atoms with Crippen LogP contribution in [0, 0.1) is 0 Å². The van der Waals surface area contributed by atoms with Crippen LogP contribution in [0.1, 0.15) is 20.9 Å². The quantitative estimate of drug-likeness (QED) is 0.472. The number of nitrogens with zero attached hydrogens (tertiary/aromatic N) is 2. The largest absolute Gasteiger partial charge is 0.497 e. The number of hydrogen-bond acceptors (Lipinski definition) is 7. The Balaban J connectivity index is 1.33. The molecule has 0 spiro atoms. The molecule has 34 heavy (non-hydrogen) atoms.